The largest absolute Gasteiger partial charge is 1.00 e. The third kappa shape index (κ3) is 0.865. The molecule has 2 aliphatic carbocycles. The molecule has 0 N–H and O–H groups in total. The van der Waals surface area contributed by atoms with Gasteiger partial charge in [0.1, 0.15) is 0 Å². The summed E-state index contributed by atoms with van der Waals surface area (Å²) in [5.74, 6) is 1.91. The Morgan fingerprint density at radius 1 is 1.36 bits per heavy atom. The zero-order valence-electron chi connectivity index (χ0n) is 7.01. The third-order valence-corrected chi connectivity index (χ3v) is 3.20. The van der Waals surface area contributed by atoms with Crippen LogP contribution in [0.4, 0.5) is 0 Å². The van der Waals surface area contributed by atoms with E-state index < -0.39 is 0 Å². The zero-order valence-corrected chi connectivity index (χ0v) is 7.01. The van der Waals surface area contributed by atoms with Gasteiger partial charge in [0.05, 0.1) is 0 Å². The van der Waals surface area contributed by atoms with Crippen molar-refractivity contribution in [2.45, 2.75) is 31.1 Å². The molecule has 2 unspecified atom stereocenters. The van der Waals surface area contributed by atoms with E-state index in [-0.39, 0.29) is 18.9 Å². The first kappa shape index (κ1) is 7.59. The van der Waals surface area contributed by atoms with E-state index in [1.165, 1.54) is 19.3 Å². The normalized spacial score (nSPS) is 31.6. The van der Waals surface area contributed by atoms with Crippen LogP contribution < -0.4 is 18.9 Å². The molecule has 2 aliphatic rings. The molecule has 11 heavy (non-hydrogen) atoms. The van der Waals surface area contributed by atoms with Crippen molar-refractivity contribution in [3.05, 3.63) is 29.3 Å². The van der Waals surface area contributed by atoms with Crippen molar-refractivity contribution in [2.75, 3.05) is 0 Å². The maximum absolute atomic E-state index is 2.32. The van der Waals surface area contributed by atoms with E-state index in [0.29, 0.717) is 0 Å². The molecule has 0 amide bonds. The van der Waals surface area contributed by atoms with Crippen LogP contribution in [0.1, 0.15) is 42.2 Å². The smallest absolute Gasteiger partial charge is 0.213 e. The van der Waals surface area contributed by atoms with Crippen molar-refractivity contribution in [1.29, 1.82) is 0 Å². The van der Waals surface area contributed by atoms with Gasteiger partial charge in [-0.15, -0.1) is 0 Å². The molecule has 0 aliphatic heterocycles. The molecule has 0 nitrogen and oxygen atoms in total. The van der Waals surface area contributed by atoms with Gasteiger partial charge in [-0.1, -0.05) is 18.8 Å². The molecule has 1 aromatic rings. The molecule has 52 valence electrons. The van der Waals surface area contributed by atoms with Crippen molar-refractivity contribution < 1.29 is 18.9 Å². The van der Waals surface area contributed by atoms with Gasteiger partial charge in [0.15, 0.2) is 0 Å². The van der Waals surface area contributed by atoms with Crippen molar-refractivity contribution in [2.24, 2.45) is 0 Å². The summed E-state index contributed by atoms with van der Waals surface area (Å²) < 4.78 is 0. The second-order valence-corrected chi connectivity index (χ2v) is 3.64. The first-order valence-electron chi connectivity index (χ1n) is 4.20. The predicted molar refractivity (Wildman–Crippen MR) is 41.4 cm³/mol. The van der Waals surface area contributed by atoms with Gasteiger partial charge in [-0.2, -0.15) is 17.2 Å². The molecule has 1 saturated carbocycles. The number of hydrogen-bond donors (Lipinski definition) is 0. The topological polar surface area (TPSA) is 0 Å². The first-order valence-corrected chi connectivity index (χ1v) is 4.20. The van der Waals surface area contributed by atoms with E-state index in [2.05, 4.69) is 18.2 Å². The van der Waals surface area contributed by atoms with E-state index in [9.17, 15) is 0 Å². The molecule has 1 fully saturated rings. The van der Waals surface area contributed by atoms with Gasteiger partial charge in [0, 0.05) is 0 Å². The minimum atomic E-state index is 0. The molecule has 2 atom stereocenters. The maximum atomic E-state index is 2.32. The summed E-state index contributed by atoms with van der Waals surface area (Å²) in [4.78, 5) is 0. The fourth-order valence-electron chi connectivity index (χ4n) is 2.74. The van der Waals surface area contributed by atoms with Gasteiger partial charge in [-0.05, 0) is 12.3 Å². The Hall–Kier alpha value is -0.0526. The number of rotatable bonds is 0. The fourth-order valence-corrected chi connectivity index (χ4v) is 2.74. The Kier molecular flexibility index (Phi) is 1.71. The monoisotopic (exact) mass is 138 g/mol. The van der Waals surface area contributed by atoms with Gasteiger partial charge in [-0.25, -0.2) is 12.1 Å². The van der Waals surface area contributed by atoms with E-state index in [1.54, 1.807) is 11.1 Å². The molecule has 0 heterocycles. The minimum absolute atomic E-state index is 0. The predicted octanol–water partition coefficient (Wildman–Crippen LogP) is -0.226. The number of fused-ring (bicyclic) bond motifs is 5. The van der Waals surface area contributed by atoms with Gasteiger partial charge < -0.3 is 0 Å². The molecule has 1 heteroatoms. The van der Waals surface area contributed by atoms with Crippen LogP contribution in [-0.2, 0) is 0 Å². The van der Waals surface area contributed by atoms with E-state index >= 15 is 0 Å². The summed E-state index contributed by atoms with van der Waals surface area (Å²) in [6.07, 6.45) is 4.38. The van der Waals surface area contributed by atoms with Crippen LogP contribution >= 0.6 is 0 Å². The van der Waals surface area contributed by atoms with Crippen molar-refractivity contribution in [3.8, 4) is 0 Å². The van der Waals surface area contributed by atoms with E-state index in [1.807, 2.05) is 0 Å². The summed E-state index contributed by atoms with van der Waals surface area (Å²) in [5.41, 5.74) is 3.35. The molecule has 1 aromatic carbocycles. The minimum Gasteiger partial charge on any atom is -0.213 e. The Morgan fingerprint density at radius 3 is 3.09 bits per heavy atom. The molecular formula is C10H11Li. The summed E-state index contributed by atoms with van der Waals surface area (Å²) in [7, 11) is 0. The number of hydrogen-bond acceptors (Lipinski definition) is 0. The van der Waals surface area contributed by atoms with Crippen molar-refractivity contribution >= 4 is 0 Å². The first-order chi connectivity index (χ1) is 4.95. The molecular weight excluding hydrogens is 127 g/mol. The molecule has 0 radical (unpaired) electrons. The van der Waals surface area contributed by atoms with Crippen molar-refractivity contribution in [1.82, 2.24) is 0 Å². The average molecular weight is 138 g/mol. The van der Waals surface area contributed by atoms with Crippen molar-refractivity contribution in [3.63, 3.8) is 0 Å². The summed E-state index contributed by atoms with van der Waals surface area (Å²) in [6.45, 7) is 0. The molecule has 0 aromatic heterocycles. The van der Waals surface area contributed by atoms with Crippen LogP contribution in [-0.4, -0.2) is 0 Å². The Balaban J connectivity index is 0.000000480. The van der Waals surface area contributed by atoms with Crippen LogP contribution in [0.25, 0.3) is 0 Å². The third-order valence-electron chi connectivity index (χ3n) is 3.20. The summed E-state index contributed by atoms with van der Waals surface area (Å²) >= 11 is 0. The Morgan fingerprint density at radius 2 is 2.27 bits per heavy atom. The van der Waals surface area contributed by atoms with Gasteiger partial charge in [-0.3, -0.25) is 0 Å². The van der Waals surface area contributed by atoms with E-state index in [0.717, 1.165) is 11.8 Å². The SMILES string of the molecule is [Li+].c1cc2[c-](c1)C1CCC2C1. The fraction of sp³-hybridized carbons (Fsp3) is 0.500. The summed E-state index contributed by atoms with van der Waals surface area (Å²) in [6, 6.07) is 6.85. The average Bonchev–Trinajstić information content (AvgIpc) is 2.60. The molecule has 3 rings (SSSR count). The van der Waals surface area contributed by atoms with Gasteiger partial charge in [0.2, 0.25) is 0 Å². The van der Waals surface area contributed by atoms with Gasteiger partial charge >= 0.3 is 18.9 Å². The van der Waals surface area contributed by atoms with Crippen LogP contribution in [0.3, 0.4) is 0 Å². The van der Waals surface area contributed by atoms with Gasteiger partial charge in [0.25, 0.3) is 0 Å². The van der Waals surface area contributed by atoms with E-state index in [4.69, 9.17) is 0 Å². The zero-order chi connectivity index (χ0) is 6.55. The standard InChI is InChI=1S/C10H11.Li/c1-2-9-7-4-5-8(6-7)10(9)3-1;/h1-3,7-8H,4-6H2;/q-1;+1. The second kappa shape index (κ2) is 2.47. The second-order valence-electron chi connectivity index (χ2n) is 3.64. The molecule has 0 saturated heterocycles. The van der Waals surface area contributed by atoms with Crippen LogP contribution in [0, 0.1) is 0 Å². The van der Waals surface area contributed by atoms with Crippen LogP contribution in [0.15, 0.2) is 18.2 Å². The van der Waals surface area contributed by atoms with Crippen LogP contribution in [0.2, 0.25) is 0 Å². The van der Waals surface area contributed by atoms with Crippen LogP contribution in [0.5, 0.6) is 0 Å². The quantitative estimate of drug-likeness (QED) is 0.343. The Bertz CT molecular complexity index is 237. The Labute approximate surface area is 79.5 Å². The maximum Gasteiger partial charge on any atom is 1.00 e. The molecule has 2 bridgehead atoms. The summed E-state index contributed by atoms with van der Waals surface area (Å²) in [5, 5.41) is 0. The molecule has 0 spiro atoms.